The molecular weight excluding hydrogens is 298 g/mol. The van der Waals surface area contributed by atoms with Gasteiger partial charge in [-0.25, -0.2) is 0 Å². The van der Waals surface area contributed by atoms with Crippen LogP contribution < -0.4 is 10.1 Å². The molecule has 0 aromatic heterocycles. The van der Waals surface area contributed by atoms with Crippen molar-refractivity contribution in [3.05, 3.63) is 29.8 Å². The van der Waals surface area contributed by atoms with Crippen LogP contribution >= 0.6 is 0 Å². The first kappa shape index (κ1) is 16.7. The van der Waals surface area contributed by atoms with E-state index in [1.54, 1.807) is 12.1 Å². The molecule has 0 radical (unpaired) electrons. The molecule has 1 aromatic rings. The van der Waals surface area contributed by atoms with Gasteiger partial charge in [-0.2, -0.15) is 8.78 Å². The van der Waals surface area contributed by atoms with Crippen molar-refractivity contribution in [3.8, 4) is 5.75 Å². The quantitative estimate of drug-likeness (QED) is 0.891. The van der Waals surface area contributed by atoms with Crippen LogP contribution in [0.5, 0.6) is 5.75 Å². The van der Waals surface area contributed by atoms with Gasteiger partial charge >= 0.3 is 6.61 Å². The first-order valence-corrected chi connectivity index (χ1v) is 8.65. The molecule has 1 N–H and O–H groups in total. The standard InChI is InChI=1S/C18H26F2N2O/c1-13(14-4-6-16(7-5-14)23-18(19)20)22-11-8-15(9-12-22)17-3-2-10-21-17/h4-7,13,15,17-18,21H,2-3,8-12H2,1H3. The van der Waals surface area contributed by atoms with Gasteiger partial charge in [-0.1, -0.05) is 12.1 Å². The zero-order valence-electron chi connectivity index (χ0n) is 13.7. The molecule has 3 rings (SSSR count). The Morgan fingerprint density at radius 2 is 1.83 bits per heavy atom. The molecule has 23 heavy (non-hydrogen) atoms. The highest BCUT2D eigenvalue weighted by molar-refractivity contribution is 5.29. The first-order chi connectivity index (χ1) is 11.1. The van der Waals surface area contributed by atoms with Gasteiger partial charge in [-0.05, 0) is 75.9 Å². The van der Waals surface area contributed by atoms with Crippen LogP contribution in [0.1, 0.15) is 44.2 Å². The summed E-state index contributed by atoms with van der Waals surface area (Å²) >= 11 is 0. The largest absolute Gasteiger partial charge is 0.435 e. The van der Waals surface area contributed by atoms with E-state index in [2.05, 4.69) is 21.9 Å². The van der Waals surface area contributed by atoms with Crippen LogP contribution in [0, 0.1) is 5.92 Å². The molecule has 2 saturated heterocycles. The average molecular weight is 324 g/mol. The molecule has 2 unspecified atom stereocenters. The summed E-state index contributed by atoms with van der Waals surface area (Å²) in [5.74, 6) is 1.03. The lowest BCUT2D eigenvalue weighted by Crippen LogP contribution is -2.41. The van der Waals surface area contributed by atoms with Crippen molar-refractivity contribution in [3.63, 3.8) is 0 Å². The molecule has 2 aliphatic heterocycles. The predicted molar refractivity (Wildman–Crippen MR) is 86.8 cm³/mol. The molecule has 5 heteroatoms. The zero-order valence-corrected chi connectivity index (χ0v) is 13.7. The lowest BCUT2D eigenvalue weighted by Gasteiger charge is -2.38. The number of rotatable bonds is 5. The molecule has 1 aromatic carbocycles. The van der Waals surface area contributed by atoms with Crippen molar-refractivity contribution in [2.24, 2.45) is 5.92 Å². The number of nitrogens with one attached hydrogen (secondary N) is 1. The van der Waals surface area contributed by atoms with Crippen LogP contribution in [-0.2, 0) is 0 Å². The third-order valence-corrected chi connectivity index (χ3v) is 5.38. The Bertz CT molecular complexity index is 480. The van der Waals surface area contributed by atoms with Crippen molar-refractivity contribution in [1.29, 1.82) is 0 Å². The normalized spacial score (nSPS) is 25.0. The van der Waals surface area contributed by atoms with Crippen LogP contribution in [0.3, 0.4) is 0 Å². The molecule has 0 bridgehead atoms. The molecule has 0 saturated carbocycles. The zero-order chi connectivity index (χ0) is 16.2. The van der Waals surface area contributed by atoms with Gasteiger partial charge in [0, 0.05) is 12.1 Å². The van der Waals surface area contributed by atoms with Gasteiger partial charge in [0.25, 0.3) is 0 Å². The molecule has 0 amide bonds. The second kappa shape index (κ2) is 7.58. The Morgan fingerprint density at radius 3 is 2.39 bits per heavy atom. The summed E-state index contributed by atoms with van der Waals surface area (Å²) in [7, 11) is 0. The maximum absolute atomic E-state index is 12.2. The highest BCUT2D eigenvalue weighted by Crippen LogP contribution is 2.31. The van der Waals surface area contributed by atoms with E-state index < -0.39 is 6.61 Å². The Morgan fingerprint density at radius 1 is 1.13 bits per heavy atom. The molecule has 2 fully saturated rings. The molecule has 2 heterocycles. The molecule has 2 atom stereocenters. The number of alkyl halides is 2. The third-order valence-electron chi connectivity index (χ3n) is 5.38. The van der Waals surface area contributed by atoms with Crippen molar-refractivity contribution in [2.45, 2.75) is 51.3 Å². The maximum atomic E-state index is 12.2. The van der Waals surface area contributed by atoms with Crippen LogP contribution in [0.2, 0.25) is 0 Å². The van der Waals surface area contributed by atoms with E-state index in [0.717, 1.165) is 30.6 Å². The topological polar surface area (TPSA) is 24.5 Å². The number of hydrogen-bond donors (Lipinski definition) is 1. The number of halogens is 2. The van der Waals surface area contributed by atoms with Gasteiger partial charge in [0.1, 0.15) is 5.75 Å². The van der Waals surface area contributed by atoms with Crippen molar-refractivity contribution < 1.29 is 13.5 Å². The van der Waals surface area contributed by atoms with Crippen molar-refractivity contribution >= 4 is 0 Å². The molecular formula is C18H26F2N2O. The average Bonchev–Trinajstić information content (AvgIpc) is 3.09. The van der Waals surface area contributed by atoms with E-state index in [0.29, 0.717) is 6.04 Å². The number of piperidine rings is 1. The minimum absolute atomic E-state index is 0.224. The number of benzene rings is 1. The monoisotopic (exact) mass is 324 g/mol. The molecule has 0 aliphatic carbocycles. The Balaban J connectivity index is 1.53. The molecule has 3 nitrogen and oxygen atoms in total. The van der Waals surface area contributed by atoms with E-state index in [1.807, 2.05) is 12.1 Å². The Hall–Kier alpha value is -1.20. The second-order valence-corrected chi connectivity index (χ2v) is 6.70. The summed E-state index contributed by atoms with van der Waals surface area (Å²) in [5.41, 5.74) is 1.16. The molecule has 2 aliphatic rings. The third kappa shape index (κ3) is 4.21. The van der Waals surface area contributed by atoms with Crippen LogP contribution in [0.25, 0.3) is 0 Å². The summed E-state index contributed by atoms with van der Waals surface area (Å²) in [6.07, 6.45) is 5.13. The van der Waals surface area contributed by atoms with E-state index >= 15 is 0 Å². The summed E-state index contributed by atoms with van der Waals surface area (Å²) in [6, 6.07) is 8.09. The lowest BCUT2D eigenvalue weighted by molar-refractivity contribution is -0.0498. The van der Waals surface area contributed by atoms with Gasteiger partial charge in [0.2, 0.25) is 0 Å². The smallest absolute Gasteiger partial charge is 0.387 e. The number of likely N-dealkylation sites (tertiary alicyclic amines) is 1. The summed E-state index contributed by atoms with van der Waals surface area (Å²) in [5, 5.41) is 3.63. The lowest BCUT2D eigenvalue weighted by atomic mass is 9.87. The van der Waals surface area contributed by atoms with Gasteiger partial charge in [-0.3, -0.25) is 4.90 Å². The summed E-state index contributed by atoms with van der Waals surface area (Å²) < 4.78 is 28.8. The first-order valence-electron chi connectivity index (χ1n) is 8.65. The predicted octanol–water partition coefficient (Wildman–Crippen LogP) is 3.81. The van der Waals surface area contributed by atoms with E-state index in [9.17, 15) is 8.78 Å². The number of ether oxygens (including phenoxy) is 1. The fourth-order valence-electron chi connectivity index (χ4n) is 3.96. The van der Waals surface area contributed by atoms with Crippen LogP contribution in [0.15, 0.2) is 24.3 Å². The van der Waals surface area contributed by atoms with Gasteiger partial charge < -0.3 is 10.1 Å². The van der Waals surface area contributed by atoms with Crippen molar-refractivity contribution in [1.82, 2.24) is 10.2 Å². The fourth-order valence-corrected chi connectivity index (χ4v) is 3.96. The van der Waals surface area contributed by atoms with Gasteiger partial charge in [0.15, 0.2) is 0 Å². The van der Waals surface area contributed by atoms with E-state index in [-0.39, 0.29) is 5.75 Å². The van der Waals surface area contributed by atoms with Gasteiger partial charge in [0.05, 0.1) is 0 Å². The van der Waals surface area contributed by atoms with E-state index in [1.165, 1.54) is 32.2 Å². The number of hydrogen-bond acceptors (Lipinski definition) is 3. The van der Waals surface area contributed by atoms with Crippen molar-refractivity contribution in [2.75, 3.05) is 19.6 Å². The molecule has 128 valence electrons. The van der Waals surface area contributed by atoms with Gasteiger partial charge in [-0.15, -0.1) is 0 Å². The Kier molecular flexibility index (Phi) is 5.49. The molecule has 0 spiro atoms. The minimum Gasteiger partial charge on any atom is -0.435 e. The number of nitrogens with zero attached hydrogens (tertiary/aromatic N) is 1. The van der Waals surface area contributed by atoms with E-state index in [4.69, 9.17) is 0 Å². The fraction of sp³-hybridized carbons (Fsp3) is 0.667. The summed E-state index contributed by atoms with van der Waals surface area (Å²) in [6.45, 7) is 2.82. The summed E-state index contributed by atoms with van der Waals surface area (Å²) in [4.78, 5) is 2.49. The Labute approximate surface area is 137 Å². The maximum Gasteiger partial charge on any atom is 0.387 e. The minimum atomic E-state index is -2.76. The highest BCUT2D eigenvalue weighted by Gasteiger charge is 2.30. The van der Waals surface area contributed by atoms with Crippen LogP contribution in [0.4, 0.5) is 8.78 Å². The SMILES string of the molecule is CC(c1ccc(OC(F)F)cc1)N1CCC(C2CCCN2)CC1. The highest BCUT2D eigenvalue weighted by atomic mass is 19.3. The van der Waals surface area contributed by atoms with Crippen LogP contribution in [-0.4, -0.2) is 37.2 Å². The second-order valence-electron chi connectivity index (χ2n) is 6.70.